The number of benzene rings is 1. The molecule has 0 aliphatic heterocycles. The summed E-state index contributed by atoms with van der Waals surface area (Å²) in [5.41, 5.74) is 0. The molecule has 12 heavy (non-hydrogen) atoms. The van der Waals surface area contributed by atoms with Crippen LogP contribution >= 0.6 is 0 Å². The van der Waals surface area contributed by atoms with E-state index < -0.39 is 18.4 Å². The van der Waals surface area contributed by atoms with Gasteiger partial charge in [0.1, 0.15) is 0 Å². The Bertz CT molecular complexity index is 225. The molecule has 0 aliphatic rings. The molecule has 0 atom stereocenters. The van der Waals surface area contributed by atoms with Crippen molar-refractivity contribution in [3.05, 3.63) is 30.3 Å². The second-order valence-electron chi connectivity index (χ2n) is 4.16. The molecule has 66 valence electrons. The molecule has 1 aromatic carbocycles. The molecule has 0 N–H and O–H groups in total. The van der Waals surface area contributed by atoms with Gasteiger partial charge in [-0.3, -0.25) is 0 Å². The topological polar surface area (TPSA) is 0 Å². The fourth-order valence-electron chi connectivity index (χ4n) is 0.817. The van der Waals surface area contributed by atoms with Crippen molar-refractivity contribution >= 4 is 37.8 Å². The molecule has 0 saturated heterocycles. The van der Waals surface area contributed by atoms with Crippen LogP contribution in [-0.2, 0) is 0 Å². The molecule has 1 rings (SSSR count). The van der Waals surface area contributed by atoms with Crippen LogP contribution in [0.25, 0.3) is 0 Å². The summed E-state index contributed by atoms with van der Waals surface area (Å²) < 4.78 is 3.10. The van der Waals surface area contributed by atoms with Gasteiger partial charge in [-0.1, -0.05) is 0 Å². The van der Waals surface area contributed by atoms with Crippen LogP contribution in [0.2, 0.25) is 18.2 Å². The van der Waals surface area contributed by atoms with Crippen LogP contribution in [-0.4, -0.2) is 33.3 Å². The normalized spacial score (nSPS) is 11.6. The Hall–Kier alpha value is 0.538. The average molecular weight is 334 g/mol. The van der Waals surface area contributed by atoms with Gasteiger partial charge in [0.05, 0.1) is 0 Å². The van der Waals surface area contributed by atoms with Crippen LogP contribution in [0.4, 0.5) is 0 Å². The Morgan fingerprint density at radius 2 is 1.67 bits per heavy atom. The van der Waals surface area contributed by atoms with Gasteiger partial charge in [0.25, 0.3) is 0 Å². The van der Waals surface area contributed by atoms with Crippen molar-refractivity contribution < 1.29 is 0 Å². The monoisotopic (exact) mass is 336 g/mol. The summed E-state index contributed by atoms with van der Waals surface area (Å²) in [7, 11) is 0. The third-order valence-electron chi connectivity index (χ3n) is 1.42. The Morgan fingerprint density at radius 1 is 1.08 bits per heavy atom. The zero-order valence-corrected chi connectivity index (χ0v) is 12.6. The molecule has 0 nitrogen and oxygen atoms in total. The molecule has 0 amide bonds. The first kappa shape index (κ1) is 10.6. The van der Waals surface area contributed by atoms with E-state index in [1.54, 1.807) is 4.46 Å². The third-order valence-corrected chi connectivity index (χ3v) is 19.8. The van der Waals surface area contributed by atoms with Crippen LogP contribution in [0.15, 0.2) is 30.3 Å². The number of rotatable bonds is 3. The van der Waals surface area contributed by atoms with Crippen molar-refractivity contribution in [2.75, 3.05) is 0 Å². The van der Waals surface area contributed by atoms with Gasteiger partial charge in [-0.25, -0.2) is 0 Å². The van der Waals surface area contributed by atoms with Gasteiger partial charge in [-0.15, -0.1) is 0 Å². The second kappa shape index (κ2) is 4.68. The summed E-state index contributed by atoms with van der Waals surface area (Å²) in [6, 6.07) is 10.9. The fraction of sp³-hybridized carbons (Fsp3) is 0.400. The molecular weight excluding hydrogens is 318 g/mol. The van der Waals surface area contributed by atoms with Gasteiger partial charge in [0, 0.05) is 0 Å². The predicted molar refractivity (Wildman–Crippen MR) is 60.0 cm³/mol. The van der Waals surface area contributed by atoms with E-state index >= 15 is 0 Å². The van der Waals surface area contributed by atoms with E-state index in [0.717, 1.165) is 15.0 Å². The van der Waals surface area contributed by atoms with Crippen molar-refractivity contribution in [1.82, 2.24) is 0 Å². The van der Waals surface area contributed by atoms with Crippen LogP contribution in [0.5, 0.6) is 0 Å². The maximum atomic E-state index is 2.51. The number of hydrogen-bond acceptors (Lipinski definition) is 0. The van der Waals surface area contributed by atoms with Gasteiger partial charge in [-0.05, 0) is 0 Å². The van der Waals surface area contributed by atoms with Crippen molar-refractivity contribution in [1.29, 1.82) is 0 Å². The standard InChI is InChI=1S/C7H7Se.3CH3.Sn/c1-8-7-5-3-2-4-6-7;;;;/h2-6H,1H2;3*1H3;. The fourth-order valence-corrected chi connectivity index (χ4v) is 11.7. The van der Waals surface area contributed by atoms with Crippen molar-refractivity contribution in [3.63, 3.8) is 0 Å². The van der Waals surface area contributed by atoms with E-state index in [0.29, 0.717) is 0 Å². The SMILES string of the molecule is [CH3][Sn]([CH3])([CH3])[CH2][Se]c1ccccc1. The van der Waals surface area contributed by atoms with Gasteiger partial charge in [-0.2, -0.15) is 0 Å². The minimum absolute atomic E-state index is 0.746. The van der Waals surface area contributed by atoms with Gasteiger partial charge in [0.15, 0.2) is 0 Å². The molecule has 0 fully saturated rings. The molecule has 2 heteroatoms. The number of hydrogen-bond donors (Lipinski definition) is 0. The van der Waals surface area contributed by atoms with Gasteiger partial charge in [0.2, 0.25) is 0 Å². The molecule has 0 aromatic heterocycles. The summed E-state index contributed by atoms with van der Waals surface area (Å²) >= 11 is -0.729. The Kier molecular flexibility index (Phi) is 4.15. The van der Waals surface area contributed by atoms with Crippen LogP contribution < -0.4 is 4.46 Å². The molecule has 1 aromatic rings. The molecule has 0 aliphatic carbocycles. The van der Waals surface area contributed by atoms with Crippen LogP contribution in [0.1, 0.15) is 0 Å². The third kappa shape index (κ3) is 4.54. The van der Waals surface area contributed by atoms with Gasteiger partial charge >= 0.3 is 86.3 Å². The van der Waals surface area contributed by atoms with E-state index in [9.17, 15) is 0 Å². The van der Waals surface area contributed by atoms with Crippen LogP contribution in [0.3, 0.4) is 0 Å². The quantitative estimate of drug-likeness (QED) is 0.745. The summed E-state index contributed by atoms with van der Waals surface area (Å²) in [6.45, 7) is 0. The van der Waals surface area contributed by atoms with Gasteiger partial charge < -0.3 is 0 Å². The zero-order valence-electron chi connectivity index (χ0n) is 8.00. The molecule has 0 heterocycles. The Balaban J connectivity index is 2.44. The Labute approximate surface area is 85.8 Å². The second-order valence-corrected chi connectivity index (χ2v) is 25.3. The van der Waals surface area contributed by atoms with E-state index in [-0.39, 0.29) is 0 Å². The van der Waals surface area contributed by atoms with Crippen molar-refractivity contribution in [2.24, 2.45) is 0 Å². The zero-order chi connectivity index (χ0) is 9.03. The predicted octanol–water partition coefficient (Wildman–Crippen LogP) is 2.31. The minimum atomic E-state index is -1.47. The molecule has 0 radical (unpaired) electrons. The maximum absolute atomic E-state index is 2.51. The first-order valence-electron chi connectivity index (χ1n) is 4.26. The molecule has 0 spiro atoms. The van der Waals surface area contributed by atoms with Crippen molar-refractivity contribution in [2.45, 2.75) is 18.2 Å². The summed E-state index contributed by atoms with van der Waals surface area (Å²) in [5, 5.41) is 0. The molecule has 0 bridgehead atoms. The first-order valence-corrected chi connectivity index (χ1v) is 16.9. The summed E-state index contributed by atoms with van der Waals surface area (Å²) in [6.07, 6.45) is 0. The van der Waals surface area contributed by atoms with E-state index in [1.807, 2.05) is 0 Å². The first-order chi connectivity index (χ1) is 5.58. The molecule has 0 unspecified atom stereocenters. The molecule has 0 saturated carbocycles. The van der Waals surface area contributed by atoms with Crippen molar-refractivity contribution in [3.8, 4) is 0 Å². The summed E-state index contributed by atoms with van der Waals surface area (Å²) in [4.78, 5) is 7.54. The van der Waals surface area contributed by atoms with E-state index in [4.69, 9.17) is 0 Å². The molecular formula is C10H16SeSn. The summed E-state index contributed by atoms with van der Waals surface area (Å²) in [5.74, 6) is 0. The van der Waals surface area contributed by atoms with E-state index in [2.05, 4.69) is 45.2 Å². The average Bonchev–Trinajstić information content (AvgIpc) is 2.02. The van der Waals surface area contributed by atoms with E-state index in [1.165, 1.54) is 3.34 Å². The van der Waals surface area contributed by atoms with Crippen LogP contribution in [0, 0.1) is 0 Å². The Morgan fingerprint density at radius 3 is 2.17 bits per heavy atom.